The number of likely N-dealkylation sites (N-methyl/N-ethyl adjacent to an activating group) is 1. The van der Waals surface area contributed by atoms with Gasteiger partial charge in [0.05, 0.1) is 6.04 Å². The van der Waals surface area contributed by atoms with Crippen molar-refractivity contribution in [1.82, 2.24) is 14.8 Å². The Morgan fingerprint density at radius 2 is 1.83 bits per heavy atom. The maximum absolute atomic E-state index is 13.4. The van der Waals surface area contributed by atoms with Gasteiger partial charge in [0.25, 0.3) is 0 Å². The van der Waals surface area contributed by atoms with Crippen LogP contribution in [0.25, 0.3) is 10.9 Å². The molecule has 3 aromatic rings. The zero-order chi connectivity index (χ0) is 20.6. The lowest BCUT2D eigenvalue weighted by molar-refractivity contribution is -0.162. The van der Waals surface area contributed by atoms with E-state index in [1.807, 2.05) is 36.4 Å². The Balaban J connectivity index is 1.60. The molecule has 0 spiro atoms. The maximum atomic E-state index is 13.4. The highest BCUT2D eigenvalue weighted by molar-refractivity contribution is 5.99. The van der Waals surface area contributed by atoms with E-state index in [-0.39, 0.29) is 18.6 Å². The number of hydrogen-bond donors (Lipinski definition) is 1. The summed E-state index contributed by atoms with van der Waals surface area (Å²) in [5, 5.41) is 1.10. The Hall–Kier alpha value is -3.48. The van der Waals surface area contributed by atoms with Crippen molar-refractivity contribution in [2.45, 2.75) is 31.5 Å². The zero-order valence-corrected chi connectivity index (χ0v) is 16.7. The summed E-state index contributed by atoms with van der Waals surface area (Å²) in [5.41, 5.74) is 3.96. The van der Waals surface area contributed by atoms with Crippen molar-refractivity contribution >= 4 is 22.7 Å². The number of carbonyl (C=O) groups excluding carboxylic acids is 2. The van der Waals surface area contributed by atoms with Crippen molar-refractivity contribution < 1.29 is 19.1 Å². The van der Waals surface area contributed by atoms with Crippen molar-refractivity contribution in [3.8, 4) is 11.5 Å². The fourth-order valence-corrected chi connectivity index (χ4v) is 4.99. The molecule has 3 atom stereocenters. The van der Waals surface area contributed by atoms with Crippen molar-refractivity contribution in [1.29, 1.82) is 0 Å². The Kier molecular flexibility index (Phi) is 3.48. The van der Waals surface area contributed by atoms with Gasteiger partial charge in [0.1, 0.15) is 12.1 Å². The predicted molar refractivity (Wildman–Crippen MR) is 109 cm³/mol. The fourth-order valence-electron chi connectivity index (χ4n) is 4.99. The molecule has 0 saturated carbocycles. The number of nitrogens with zero attached hydrogens (tertiary/aromatic N) is 2. The van der Waals surface area contributed by atoms with Crippen LogP contribution in [0.2, 0.25) is 0 Å². The van der Waals surface area contributed by atoms with E-state index in [1.54, 1.807) is 23.8 Å². The standard InChI is InChI=1S/C23H21N3O4/c1-12-22(27)26-17(23(28)25(12)2)10-15-14-5-3-4-6-16(14)24-20(15)21(26)13-7-8-18-19(9-13)30-11-29-18/h3-9,12,17,21,24H,10-11H2,1-2H3/t12?,17-,21+/m1/s1. The van der Waals surface area contributed by atoms with Gasteiger partial charge in [-0.2, -0.15) is 0 Å². The molecule has 1 saturated heterocycles. The minimum absolute atomic E-state index is 0.0243. The largest absolute Gasteiger partial charge is 0.454 e. The van der Waals surface area contributed by atoms with Gasteiger partial charge in [-0.1, -0.05) is 24.3 Å². The summed E-state index contributed by atoms with van der Waals surface area (Å²) in [6, 6.07) is 12.4. The molecule has 1 fully saturated rings. The topological polar surface area (TPSA) is 74.9 Å². The smallest absolute Gasteiger partial charge is 0.246 e. The van der Waals surface area contributed by atoms with Crippen molar-refractivity contribution in [3.63, 3.8) is 0 Å². The number of amides is 2. The quantitative estimate of drug-likeness (QED) is 0.678. The van der Waals surface area contributed by atoms with E-state index in [0.29, 0.717) is 17.9 Å². The third-order valence-corrected chi connectivity index (χ3v) is 6.67. The first kappa shape index (κ1) is 17.4. The predicted octanol–water partition coefficient (Wildman–Crippen LogP) is 2.60. The molecule has 0 bridgehead atoms. The molecule has 6 rings (SSSR count). The van der Waals surface area contributed by atoms with E-state index in [2.05, 4.69) is 11.1 Å². The zero-order valence-electron chi connectivity index (χ0n) is 16.7. The van der Waals surface area contributed by atoms with Crippen LogP contribution in [0.1, 0.15) is 29.8 Å². The molecule has 2 amide bonds. The van der Waals surface area contributed by atoms with Crippen LogP contribution >= 0.6 is 0 Å². The molecule has 0 aliphatic carbocycles. The molecule has 3 aliphatic heterocycles. The molecule has 4 heterocycles. The third kappa shape index (κ3) is 2.20. The summed E-state index contributed by atoms with van der Waals surface area (Å²) in [7, 11) is 1.71. The fraction of sp³-hybridized carbons (Fsp3) is 0.304. The maximum Gasteiger partial charge on any atom is 0.246 e. The molecule has 152 valence electrons. The van der Waals surface area contributed by atoms with Crippen LogP contribution in [0.5, 0.6) is 11.5 Å². The summed E-state index contributed by atoms with van der Waals surface area (Å²) in [4.78, 5) is 33.5. The molecular formula is C23H21N3O4. The number of ether oxygens (including phenoxy) is 2. The first-order valence-corrected chi connectivity index (χ1v) is 10.1. The van der Waals surface area contributed by atoms with Crippen LogP contribution in [0.3, 0.4) is 0 Å². The highest BCUT2D eigenvalue weighted by Gasteiger charge is 2.50. The van der Waals surface area contributed by atoms with Crippen molar-refractivity contribution in [3.05, 3.63) is 59.3 Å². The number of H-pyrrole nitrogens is 1. The Morgan fingerprint density at radius 3 is 2.70 bits per heavy atom. The van der Waals surface area contributed by atoms with Crippen molar-refractivity contribution in [2.24, 2.45) is 0 Å². The summed E-state index contributed by atoms with van der Waals surface area (Å²) < 4.78 is 11.1. The van der Waals surface area contributed by atoms with Gasteiger partial charge >= 0.3 is 0 Å². The van der Waals surface area contributed by atoms with Gasteiger partial charge in [0, 0.05) is 30.1 Å². The second kappa shape index (κ2) is 6.01. The number of nitrogens with one attached hydrogen (secondary N) is 1. The molecule has 2 aromatic carbocycles. The number of piperazine rings is 1. The number of rotatable bonds is 1. The molecule has 7 nitrogen and oxygen atoms in total. The third-order valence-electron chi connectivity index (χ3n) is 6.67. The van der Waals surface area contributed by atoms with Gasteiger partial charge in [-0.25, -0.2) is 0 Å². The van der Waals surface area contributed by atoms with Crippen LogP contribution in [0, 0.1) is 0 Å². The van der Waals surface area contributed by atoms with Gasteiger partial charge < -0.3 is 24.3 Å². The number of aromatic nitrogens is 1. The van der Waals surface area contributed by atoms with Gasteiger partial charge in [-0.05, 0) is 36.2 Å². The van der Waals surface area contributed by atoms with Crippen LogP contribution in [0.15, 0.2) is 42.5 Å². The first-order chi connectivity index (χ1) is 14.5. The molecule has 1 aromatic heterocycles. The summed E-state index contributed by atoms with van der Waals surface area (Å²) in [5.74, 6) is 1.28. The van der Waals surface area contributed by atoms with Gasteiger partial charge in [-0.3, -0.25) is 9.59 Å². The summed E-state index contributed by atoms with van der Waals surface area (Å²) in [6.07, 6.45) is 0.502. The SMILES string of the molecule is CC1C(=O)N2[C@@H](c3ccc4c(c3)OCO4)c3[nH]c4ccccc4c3C[C@@H]2C(=O)N1C. The number of fused-ring (bicyclic) bond motifs is 5. The lowest BCUT2D eigenvalue weighted by Crippen LogP contribution is -2.65. The average Bonchev–Trinajstić information content (AvgIpc) is 3.38. The number of benzene rings is 2. The number of para-hydroxylation sites is 1. The van der Waals surface area contributed by atoms with E-state index >= 15 is 0 Å². The van der Waals surface area contributed by atoms with Gasteiger partial charge in [-0.15, -0.1) is 0 Å². The molecule has 30 heavy (non-hydrogen) atoms. The van der Waals surface area contributed by atoms with E-state index in [1.165, 1.54) is 0 Å². The van der Waals surface area contributed by atoms with Crippen LogP contribution in [-0.2, 0) is 16.0 Å². The monoisotopic (exact) mass is 403 g/mol. The number of hydrogen-bond acceptors (Lipinski definition) is 4. The van der Waals surface area contributed by atoms with Gasteiger partial charge in [0.15, 0.2) is 11.5 Å². The van der Waals surface area contributed by atoms with E-state index in [4.69, 9.17) is 9.47 Å². The van der Waals surface area contributed by atoms with Gasteiger partial charge in [0.2, 0.25) is 18.6 Å². The van der Waals surface area contributed by atoms with Crippen LogP contribution < -0.4 is 9.47 Å². The summed E-state index contributed by atoms with van der Waals surface area (Å²) >= 11 is 0. The Morgan fingerprint density at radius 1 is 1.03 bits per heavy atom. The second-order valence-corrected chi connectivity index (χ2v) is 8.17. The lowest BCUT2D eigenvalue weighted by Gasteiger charge is -2.48. The minimum Gasteiger partial charge on any atom is -0.454 e. The minimum atomic E-state index is -0.527. The Labute approximate surface area is 173 Å². The highest BCUT2D eigenvalue weighted by atomic mass is 16.7. The van der Waals surface area contributed by atoms with E-state index in [0.717, 1.165) is 27.7 Å². The molecule has 7 heteroatoms. The van der Waals surface area contributed by atoms with Crippen molar-refractivity contribution in [2.75, 3.05) is 13.8 Å². The Bertz CT molecular complexity index is 1220. The van der Waals surface area contributed by atoms with E-state index < -0.39 is 18.1 Å². The number of aromatic amines is 1. The molecule has 3 aliphatic rings. The molecular weight excluding hydrogens is 382 g/mol. The normalized spacial score (nSPS) is 24.9. The lowest BCUT2D eigenvalue weighted by atomic mass is 9.85. The highest BCUT2D eigenvalue weighted by Crippen LogP contribution is 2.45. The van der Waals surface area contributed by atoms with Crippen LogP contribution in [0.4, 0.5) is 0 Å². The van der Waals surface area contributed by atoms with Crippen LogP contribution in [-0.4, -0.2) is 52.5 Å². The van der Waals surface area contributed by atoms with E-state index in [9.17, 15) is 9.59 Å². The average molecular weight is 403 g/mol. The molecule has 1 unspecified atom stereocenters. The second-order valence-electron chi connectivity index (χ2n) is 8.17. The molecule has 1 N–H and O–H groups in total. The molecule has 0 radical (unpaired) electrons. The number of carbonyl (C=O) groups is 2. The summed E-state index contributed by atoms with van der Waals surface area (Å²) in [6.45, 7) is 1.97. The first-order valence-electron chi connectivity index (χ1n) is 10.1.